The highest BCUT2D eigenvalue weighted by Gasteiger charge is 2.46. The van der Waals surface area contributed by atoms with Gasteiger partial charge in [0.25, 0.3) is 11.7 Å². The third kappa shape index (κ3) is 4.03. The predicted octanol–water partition coefficient (Wildman–Crippen LogP) is 3.93. The Kier molecular flexibility index (Phi) is 6.08. The smallest absolute Gasteiger partial charge is 0.296 e. The number of furan rings is 1. The number of carbonyl (C=O) groups excluding carboxylic acids is 2. The van der Waals surface area contributed by atoms with E-state index in [0.717, 1.165) is 0 Å². The lowest BCUT2D eigenvalue weighted by Crippen LogP contribution is -2.29. The average molecular weight is 449 g/mol. The number of aliphatic hydroxyl groups excluding tert-OH is 1. The van der Waals surface area contributed by atoms with E-state index in [1.165, 1.54) is 32.5 Å². The minimum absolute atomic E-state index is 0.0352. The lowest BCUT2D eigenvalue weighted by molar-refractivity contribution is -0.140. The first-order valence-electron chi connectivity index (χ1n) is 10.2. The number of benzene rings is 2. The molecule has 33 heavy (non-hydrogen) atoms. The van der Waals surface area contributed by atoms with Crippen LogP contribution in [-0.2, 0) is 16.1 Å². The second kappa shape index (κ2) is 9.12. The highest BCUT2D eigenvalue weighted by atomic mass is 16.5. The first-order chi connectivity index (χ1) is 16.0. The summed E-state index contributed by atoms with van der Waals surface area (Å²) in [6, 6.07) is 14.3. The molecule has 2 aromatic carbocycles. The van der Waals surface area contributed by atoms with Crippen molar-refractivity contribution in [2.24, 2.45) is 0 Å². The molecule has 1 saturated heterocycles. The summed E-state index contributed by atoms with van der Waals surface area (Å²) in [5.74, 6) is 0.110. The molecule has 170 valence electrons. The van der Waals surface area contributed by atoms with Gasteiger partial charge in [-0.15, -0.1) is 0 Å². The van der Waals surface area contributed by atoms with Gasteiger partial charge >= 0.3 is 0 Å². The van der Waals surface area contributed by atoms with Crippen molar-refractivity contribution in [2.45, 2.75) is 12.6 Å². The largest absolute Gasteiger partial charge is 0.507 e. The Bertz CT molecular complexity index is 1210. The SMILES string of the molecule is COc1cccc(C(O)=C2C(=O)C(=O)N(Cc3ccco3)[C@H]2c2ccc(OC)c(OC)c2)c1. The molecule has 0 saturated carbocycles. The molecule has 1 atom stereocenters. The van der Waals surface area contributed by atoms with E-state index in [1.807, 2.05) is 0 Å². The van der Waals surface area contributed by atoms with Gasteiger partial charge in [0, 0.05) is 5.56 Å². The van der Waals surface area contributed by atoms with Crippen molar-refractivity contribution in [2.75, 3.05) is 21.3 Å². The van der Waals surface area contributed by atoms with Crippen LogP contribution >= 0.6 is 0 Å². The number of hydrogen-bond acceptors (Lipinski definition) is 7. The second-order valence-electron chi connectivity index (χ2n) is 7.35. The number of nitrogens with zero attached hydrogens (tertiary/aromatic N) is 1. The predicted molar refractivity (Wildman–Crippen MR) is 119 cm³/mol. The Morgan fingerprint density at radius 2 is 1.76 bits per heavy atom. The molecule has 1 aromatic heterocycles. The fourth-order valence-corrected chi connectivity index (χ4v) is 3.91. The molecular formula is C25H23NO7. The van der Waals surface area contributed by atoms with E-state index in [2.05, 4.69) is 0 Å². The number of likely N-dealkylation sites (tertiary alicyclic amines) is 1. The molecule has 8 nitrogen and oxygen atoms in total. The summed E-state index contributed by atoms with van der Waals surface area (Å²) in [7, 11) is 4.52. The molecule has 1 amide bonds. The van der Waals surface area contributed by atoms with Crippen molar-refractivity contribution in [3.05, 3.63) is 83.3 Å². The Hall–Kier alpha value is -4.20. The van der Waals surface area contributed by atoms with E-state index >= 15 is 0 Å². The minimum Gasteiger partial charge on any atom is -0.507 e. The molecule has 0 aliphatic carbocycles. The van der Waals surface area contributed by atoms with Gasteiger partial charge in [-0.3, -0.25) is 9.59 Å². The van der Waals surface area contributed by atoms with E-state index < -0.39 is 17.7 Å². The normalized spacial score (nSPS) is 17.3. The van der Waals surface area contributed by atoms with E-state index in [1.54, 1.807) is 54.6 Å². The molecule has 0 spiro atoms. The van der Waals surface area contributed by atoms with Gasteiger partial charge < -0.3 is 28.6 Å². The maximum Gasteiger partial charge on any atom is 0.296 e. The van der Waals surface area contributed by atoms with Gasteiger partial charge in [0.15, 0.2) is 11.5 Å². The number of Topliss-reactive ketones (excluding diaryl/α,β-unsaturated/α-hetero) is 1. The van der Waals surface area contributed by atoms with Crippen LogP contribution in [0.2, 0.25) is 0 Å². The van der Waals surface area contributed by atoms with Gasteiger partial charge in [-0.1, -0.05) is 18.2 Å². The fraction of sp³-hybridized carbons (Fsp3) is 0.200. The third-order valence-corrected chi connectivity index (χ3v) is 5.51. The highest BCUT2D eigenvalue weighted by Crippen LogP contribution is 2.42. The van der Waals surface area contributed by atoms with Crippen LogP contribution in [0.5, 0.6) is 17.2 Å². The number of aliphatic hydroxyl groups is 1. The van der Waals surface area contributed by atoms with Crippen LogP contribution in [0.25, 0.3) is 5.76 Å². The topological polar surface area (TPSA) is 98.4 Å². The summed E-state index contributed by atoms with van der Waals surface area (Å²) >= 11 is 0. The molecule has 1 aliphatic heterocycles. The van der Waals surface area contributed by atoms with Crippen LogP contribution in [0.4, 0.5) is 0 Å². The van der Waals surface area contributed by atoms with Crippen LogP contribution in [0, 0.1) is 0 Å². The molecule has 0 radical (unpaired) electrons. The number of hydrogen-bond donors (Lipinski definition) is 1. The standard InChI is InChI=1S/C25H23NO7/c1-30-17-7-4-6-16(12-17)23(27)21-22(15-9-10-19(31-2)20(13-15)32-3)26(25(29)24(21)28)14-18-8-5-11-33-18/h4-13,22,27H,14H2,1-3H3/t22-/m0/s1. The average Bonchev–Trinajstić information content (AvgIpc) is 3.45. The monoisotopic (exact) mass is 449 g/mol. The molecule has 1 N–H and O–H groups in total. The van der Waals surface area contributed by atoms with Crippen LogP contribution < -0.4 is 14.2 Å². The molecule has 1 aliphatic rings. The first-order valence-corrected chi connectivity index (χ1v) is 10.2. The van der Waals surface area contributed by atoms with Crippen molar-refractivity contribution in [1.82, 2.24) is 4.90 Å². The highest BCUT2D eigenvalue weighted by molar-refractivity contribution is 6.46. The zero-order chi connectivity index (χ0) is 23.5. The quantitative estimate of drug-likeness (QED) is 0.332. The van der Waals surface area contributed by atoms with Crippen molar-refractivity contribution >= 4 is 17.4 Å². The summed E-state index contributed by atoms with van der Waals surface area (Å²) in [6.07, 6.45) is 1.49. The fourth-order valence-electron chi connectivity index (χ4n) is 3.91. The molecule has 0 unspecified atom stereocenters. The van der Waals surface area contributed by atoms with Gasteiger partial charge in [-0.2, -0.15) is 0 Å². The van der Waals surface area contributed by atoms with Crippen LogP contribution in [-0.4, -0.2) is 43.0 Å². The van der Waals surface area contributed by atoms with Crippen molar-refractivity contribution < 1.29 is 33.3 Å². The molecule has 1 fully saturated rings. The number of rotatable bonds is 7. The van der Waals surface area contributed by atoms with Crippen LogP contribution in [0.15, 0.2) is 70.9 Å². The third-order valence-electron chi connectivity index (χ3n) is 5.51. The summed E-state index contributed by atoms with van der Waals surface area (Å²) in [4.78, 5) is 27.6. The van der Waals surface area contributed by atoms with Crippen molar-refractivity contribution in [3.63, 3.8) is 0 Å². The lowest BCUT2D eigenvalue weighted by Gasteiger charge is -2.25. The lowest BCUT2D eigenvalue weighted by atomic mass is 9.95. The number of ether oxygens (including phenoxy) is 3. The van der Waals surface area contributed by atoms with Gasteiger partial charge in [-0.25, -0.2) is 0 Å². The number of methoxy groups -OCH3 is 3. The van der Waals surface area contributed by atoms with E-state index in [0.29, 0.717) is 34.1 Å². The summed E-state index contributed by atoms with van der Waals surface area (Å²) in [6.45, 7) is 0.0471. The minimum atomic E-state index is -0.874. The molecule has 3 aromatic rings. The van der Waals surface area contributed by atoms with E-state index in [4.69, 9.17) is 18.6 Å². The number of carbonyl (C=O) groups is 2. The summed E-state index contributed by atoms with van der Waals surface area (Å²) < 4.78 is 21.4. The zero-order valence-corrected chi connectivity index (χ0v) is 18.4. The van der Waals surface area contributed by atoms with Crippen molar-refractivity contribution in [3.8, 4) is 17.2 Å². The maximum absolute atomic E-state index is 13.1. The van der Waals surface area contributed by atoms with Gasteiger partial charge in [0.05, 0.1) is 45.8 Å². The summed E-state index contributed by atoms with van der Waals surface area (Å²) in [5.41, 5.74) is 0.894. The molecule has 8 heteroatoms. The zero-order valence-electron chi connectivity index (χ0n) is 18.4. The van der Waals surface area contributed by atoms with Crippen molar-refractivity contribution in [1.29, 1.82) is 0 Å². The Balaban J connectivity index is 1.90. The maximum atomic E-state index is 13.1. The molecule has 2 heterocycles. The van der Waals surface area contributed by atoms with Gasteiger partial charge in [-0.05, 0) is 42.0 Å². The van der Waals surface area contributed by atoms with Crippen LogP contribution in [0.3, 0.4) is 0 Å². The second-order valence-corrected chi connectivity index (χ2v) is 7.35. The summed E-state index contributed by atoms with van der Waals surface area (Å²) in [5, 5.41) is 11.2. The molecular weight excluding hydrogens is 426 g/mol. The molecule has 4 rings (SSSR count). The number of ketones is 1. The van der Waals surface area contributed by atoms with Gasteiger partial charge in [0.1, 0.15) is 17.3 Å². The van der Waals surface area contributed by atoms with Crippen LogP contribution in [0.1, 0.15) is 22.9 Å². The molecule has 0 bridgehead atoms. The van der Waals surface area contributed by atoms with E-state index in [9.17, 15) is 14.7 Å². The Morgan fingerprint density at radius 1 is 0.970 bits per heavy atom. The van der Waals surface area contributed by atoms with E-state index in [-0.39, 0.29) is 17.9 Å². The Morgan fingerprint density at radius 3 is 2.42 bits per heavy atom. The number of amides is 1. The Labute approximate surface area is 190 Å². The first kappa shape index (κ1) is 22.0. The van der Waals surface area contributed by atoms with Gasteiger partial charge in [0.2, 0.25) is 0 Å².